The Morgan fingerprint density at radius 3 is 1.86 bits per heavy atom. The van der Waals surface area contributed by atoms with Crippen LogP contribution in [0.25, 0.3) is 0 Å². The van der Waals surface area contributed by atoms with Gasteiger partial charge < -0.3 is 9.47 Å². The van der Waals surface area contributed by atoms with E-state index in [0.717, 1.165) is 0 Å². The fourth-order valence-corrected chi connectivity index (χ4v) is 1.93. The molecular weight excluding hydrogens is 250 g/mol. The molecule has 0 rings (SSSR count). The van der Waals surface area contributed by atoms with Crippen LogP contribution in [0.5, 0.6) is 0 Å². The fraction of sp³-hybridized carbons (Fsp3) is 1.00. The molecule has 0 aromatic heterocycles. The molecule has 0 unspecified atom stereocenters. The smallest absolute Gasteiger partial charge is 0.379 e. The second-order valence-corrected chi connectivity index (χ2v) is 6.69. The lowest BCUT2D eigenvalue weighted by molar-refractivity contribution is 0.00375. The summed E-state index contributed by atoms with van der Waals surface area (Å²) in [7, 11) is 0. The van der Waals surface area contributed by atoms with Crippen molar-refractivity contribution >= 4 is 28.6 Å². The summed E-state index contributed by atoms with van der Waals surface area (Å²) in [5.41, 5.74) is 0. The highest BCUT2D eigenvalue weighted by atomic mass is 35.9. The van der Waals surface area contributed by atoms with Gasteiger partial charge in [-0.15, -0.1) is 0 Å². The molecule has 0 heterocycles. The van der Waals surface area contributed by atoms with E-state index in [1.807, 2.05) is 13.8 Å². The van der Waals surface area contributed by atoms with Crippen molar-refractivity contribution < 1.29 is 18.6 Å². The van der Waals surface area contributed by atoms with Gasteiger partial charge in [-0.05, 0) is 36.3 Å². The van der Waals surface area contributed by atoms with Gasteiger partial charge in [-0.2, -0.15) is 0 Å². The van der Waals surface area contributed by atoms with Gasteiger partial charge in [0.05, 0.1) is 13.2 Å². The molecular formula is C7H15Cl2O4P. The normalized spacial score (nSPS) is 12.4. The molecule has 0 amide bonds. The number of rotatable bonds is 8. The standard InChI is InChI=1S/C7H15Cl2O4P/c1-3-11-5-7(6-12-4-2)13-14(8,9)10/h7H,3-6H2,1-2H3. The van der Waals surface area contributed by atoms with Crippen molar-refractivity contribution in [2.24, 2.45) is 0 Å². The van der Waals surface area contributed by atoms with E-state index in [1.165, 1.54) is 0 Å². The van der Waals surface area contributed by atoms with Crippen LogP contribution in [0.2, 0.25) is 0 Å². The lowest BCUT2D eigenvalue weighted by atomic mass is 10.4. The Morgan fingerprint density at radius 1 is 1.14 bits per heavy atom. The van der Waals surface area contributed by atoms with Gasteiger partial charge in [-0.1, -0.05) is 0 Å². The van der Waals surface area contributed by atoms with E-state index in [1.54, 1.807) is 0 Å². The molecule has 0 atom stereocenters. The minimum atomic E-state index is -3.52. The predicted octanol–water partition coefficient (Wildman–Crippen LogP) is 3.03. The van der Waals surface area contributed by atoms with Crippen LogP contribution in [0, 0.1) is 0 Å². The summed E-state index contributed by atoms with van der Waals surface area (Å²) in [5, 5.41) is 0. The average Bonchev–Trinajstić information content (AvgIpc) is 2.07. The molecule has 0 bridgehead atoms. The van der Waals surface area contributed by atoms with Crippen LogP contribution in [-0.4, -0.2) is 32.5 Å². The first kappa shape index (κ1) is 14.7. The monoisotopic (exact) mass is 264 g/mol. The Morgan fingerprint density at radius 2 is 1.57 bits per heavy atom. The Bertz CT molecular complexity index is 177. The molecule has 7 heteroatoms. The number of hydrogen-bond donors (Lipinski definition) is 0. The van der Waals surface area contributed by atoms with Crippen LogP contribution in [-0.2, 0) is 18.6 Å². The number of ether oxygens (including phenoxy) is 2. The molecule has 0 aliphatic carbocycles. The van der Waals surface area contributed by atoms with E-state index >= 15 is 0 Å². The van der Waals surface area contributed by atoms with Crippen molar-refractivity contribution in [3.05, 3.63) is 0 Å². The van der Waals surface area contributed by atoms with Gasteiger partial charge >= 0.3 is 6.07 Å². The van der Waals surface area contributed by atoms with Gasteiger partial charge in [0, 0.05) is 13.2 Å². The second kappa shape index (κ2) is 7.91. The highest BCUT2D eigenvalue weighted by Gasteiger charge is 2.22. The lowest BCUT2D eigenvalue weighted by Gasteiger charge is -2.17. The molecule has 0 N–H and O–H groups in total. The number of halogens is 2. The maximum Gasteiger partial charge on any atom is 0.380 e. The van der Waals surface area contributed by atoms with Gasteiger partial charge in [-0.25, -0.2) is 0 Å². The summed E-state index contributed by atoms with van der Waals surface area (Å²) >= 11 is 10.5. The summed E-state index contributed by atoms with van der Waals surface area (Å²) < 4.78 is 26.0. The highest BCUT2D eigenvalue weighted by Crippen LogP contribution is 2.58. The summed E-state index contributed by atoms with van der Waals surface area (Å²) in [6.07, 6.45) is -4.01. The minimum Gasteiger partial charge on any atom is -0.379 e. The zero-order chi connectivity index (χ0) is 11.0. The second-order valence-electron chi connectivity index (χ2n) is 2.46. The van der Waals surface area contributed by atoms with Crippen molar-refractivity contribution in [3.8, 4) is 0 Å². The zero-order valence-corrected chi connectivity index (χ0v) is 10.6. The first-order valence-electron chi connectivity index (χ1n) is 4.32. The maximum absolute atomic E-state index is 10.9. The molecule has 86 valence electrons. The van der Waals surface area contributed by atoms with Crippen molar-refractivity contribution in [3.63, 3.8) is 0 Å². The van der Waals surface area contributed by atoms with Gasteiger partial charge in [0.1, 0.15) is 6.10 Å². The van der Waals surface area contributed by atoms with Crippen LogP contribution in [0.3, 0.4) is 0 Å². The molecule has 0 aromatic carbocycles. The predicted molar refractivity (Wildman–Crippen MR) is 57.2 cm³/mol. The zero-order valence-electron chi connectivity index (χ0n) is 8.24. The minimum absolute atomic E-state index is 0.264. The lowest BCUT2D eigenvalue weighted by Crippen LogP contribution is -2.23. The van der Waals surface area contributed by atoms with Crippen LogP contribution >= 0.6 is 28.6 Å². The maximum atomic E-state index is 10.9. The average molecular weight is 265 g/mol. The third kappa shape index (κ3) is 9.25. The first-order chi connectivity index (χ1) is 6.49. The molecule has 0 saturated heterocycles. The molecule has 0 spiro atoms. The van der Waals surface area contributed by atoms with E-state index in [0.29, 0.717) is 13.2 Å². The largest absolute Gasteiger partial charge is 0.380 e. The highest BCUT2D eigenvalue weighted by molar-refractivity contribution is 8.05. The van der Waals surface area contributed by atoms with Crippen molar-refractivity contribution in [2.75, 3.05) is 26.4 Å². The van der Waals surface area contributed by atoms with E-state index in [2.05, 4.69) is 0 Å². The Hall–Kier alpha value is 0.690. The molecule has 0 aliphatic rings. The van der Waals surface area contributed by atoms with Crippen molar-refractivity contribution in [2.45, 2.75) is 20.0 Å². The summed E-state index contributed by atoms with van der Waals surface area (Å²) in [6, 6.07) is 0. The third-order valence-electron chi connectivity index (χ3n) is 1.29. The van der Waals surface area contributed by atoms with Crippen LogP contribution < -0.4 is 0 Å². The summed E-state index contributed by atoms with van der Waals surface area (Å²) in [4.78, 5) is 0. The molecule has 0 fully saturated rings. The van der Waals surface area contributed by atoms with E-state index < -0.39 is 12.2 Å². The summed E-state index contributed by atoms with van der Waals surface area (Å²) in [6.45, 7) is 5.30. The Balaban J connectivity index is 3.90. The molecule has 14 heavy (non-hydrogen) atoms. The Labute approximate surface area is 93.8 Å². The third-order valence-corrected chi connectivity index (χ3v) is 2.31. The number of hydrogen-bond acceptors (Lipinski definition) is 4. The van der Waals surface area contributed by atoms with E-state index in [-0.39, 0.29) is 13.2 Å². The van der Waals surface area contributed by atoms with Gasteiger partial charge in [0.15, 0.2) is 0 Å². The molecule has 4 nitrogen and oxygen atoms in total. The summed E-state index contributed by atoms with van der Waals surface area (Å²) in [5.74, 6) is 0. The first-order valence-corrected chi connectivity index (χ1v) is 7.76. The van der Waals surface area contributed by atoms with E-state index in [4.69, 9.17) is 36.5 Å². The molecule has 0 aromatic rings. The van der Waals surface area contributed by atoms with E-state index in [9.17, 15) is 4.57 Å². The van der Waals surface area contributed by atoms with Crippen molar-refractivity contribution in [1.82, 2.24) is 0 Å². The van der Waals surface area contributed by atoms with Crippen molar-refractivity contribution in [1.29, 1.82) is 0 Å². The molecule has 0 radical (unpaired) electrons. The van der Waals surface area contributed by atoms with Crippen LogP contribution in [0.15, 0.2) is 0 Å². The SMILES string of the molecule is CCOCC(COCC)OP(=O)(Cl)Cl. The van der Waals surface area contributed by atoms with Gasteiger partial charge in [-0.3, -0.25) is 9.09 Å². The molecule has 0 saturated carbocycles. The molecule has 0 aliphatic heterocycles. The topological polar surface area (TPSA) is 44.8 Å². The van der Waals surface area contributed by atoms with Gasteiger partial charge in [0.25, 0.3) is 0 Å². The Kier molecular flexibility index (Phi) is 8.30. The van der Waals surface area contributed by atoms with Gasteiger partial charge in [0.2, 0.25) is 0 Å². The van der Waals surface area contributed by atoms with Crippen LogP contribution in [0.1, 0.15) is 13.8 Å². The quantitative estimate of drug-likeness (QED) is 0.633. The van der Waals surface area contributed by atoms with Crippen LogP contribution in [0.4, 0.5) is 0 Å². The fourth-order valence-electron chi connectivity index (χ4n) is 0.781.